The van der Waals surface area contributed by atoms with Gasteiger partial charge in [-0.2, -0.15) is 9.97 Å². The van der Waals surface area contributed by atoms with Crippen LogP contribution >= 0.6 is 11.6 Å². The zero-order valence-electron chi connectivity index (χ0n) is 25.5. The summed E-state index contributed by atoms with van der Waals surface area (Å²) >= 11 is 6.09. The number of nitrogen functional groups attached to an aromatic ring is 1. The van der Waals surface area contributed by atoms with Crippen molar-refractivity contribution in [2.75, 3.05) is 18.9 Å². The molecule has 0 aliphatic carbocycles. The van der Waals surface area contributed by atoms with Gasteiger partial charge in [-0.3, -0.25) is 9.36 Å². The lowest BCUT2D eigenvalue weighted by Crippen LogP contribution is -2.53. The fraction of sp³-hybridized carbons (Fsp3) is 0.552. The number of aromatic nitrogens is 4. The van der Waals surface area contributed by atoms with Crippen LogP contribution in [0.4, 0.5) is 10.2 Å². The molecule has 0 amide bonds. The first kappa shape index (κ1) is 32.9. The van der Waals surface area contributed by atoms with E-state index in [2.05, 4.69) is 15.0 Å². The number of hydrogen-bond donors (Lipinski definition) is 1. The van der Waals surface area contributed by atoms with Crippen molar-refractivity contribution in [2.24, 2.45) is 0 Å². The number of nitrogens with zero attached hydrogens (tertiary/aromatic N) is 4. The van der Waals surface area contributed by atoms with Crippen LogP contribution in [-0.4, -0.2) is 76.8 Å². The molecule has 0 spiro atoms. The van der Waals surface area contributed by atoms with Gasteiger partial charge in [0.25, 0.3) is 0 Å². The van der Waals surface area contributed by atoms with Gasteiger partial charge in [0.05, 0.1) is 19.5 Å². The van der Waals surface area contributed by atoms with Crippen molar-refractivity contribution >= 4 is 48.7 Å². The van der Waals surface area contributed by atoms with Crippen LogP contribution < -0.4 is 5.73 Å². The summed E-state index contributed by atoms with van der Waals surface area (Å²) in [5.74, 6) is -1.36. The van der Waals surface area contributed by atoms with Crippen LogP contribution in [0.5, 0.6) is 0 Å². The predicted octanol–water partition coefficient (Wildman–Crippen LogP) is 4.84. The van der Waals surface area contributed by atoms with Gasteiger partial charge in [0.15, 0.2) is 38.0 Å². The Morgan fingerprint density at radius 2 is 1.86 bits per heavy atom. The SMILES string of the molecule is CCOC(=O)C(Cc1ccccc1)(OC[C@H]1O[C@@H](n2cnc3c(N)nc(Cl)nc32)[C@H](O[Si](C)(C)C(C)(C)C)[C@@H]1F)C(C)=O. The Hall–Kier alpha value is -2.97. The van der Waals surface area contributed by atoms with Crippen molar-refractivity contribution in [1.29, 1.82) is 0 Å². The number of halogens is 2. The minimum absolute atomic E-state index is 0.0312. The van der Waals surface area contributed by atoms with Gasteiger partial charge in [-0.15, -0.1) is 0 Å². The van der Waals surface area contributed by atoms with E-state index in [0.29, 0.717) is 5.56 Å². The van der Waals surface area contributed by atoms with Crippen LogP contribution in [0.15, 0.2) is 36.7 Å². The van der Waals surface area contributed by atoms with Crippen LogP contribution in [0, 0.1) is 0 Å². The van der Waals surface area contributed by atoms with Crippen molar-refractivity contribution in [3.63, 3.8) is 0 Å². The molecule has 3 heterocycles. The average Bonchev–Trinajstić information content (AvgIpc) is 3.47. The number of ether oxygens (including phenoxy) is 3. The van der Waals surface area contributed by atoms with E-state index in [4.69, 9.17) is 36.0 Å². The quantitative estimate of drug-likeness (QED) is 0.135. The third-order valence-electron chi connectivity index (χ3n) is 8.16. The van der Waals surface area contributed by atoms with Crippen LogP contribution in [-0.2, 0) is 34.6 Å². The third kappa shape index (κ3) is 6.60. The van der Waals surface area contributed by atoms with Crippen molar-refractivity contribution in [3.8, 4) is 0 Å². The van der Waals surface area contributed by atoms with Gasteiger partial charge in [0, 0.05) is 6.42 Å². The molecule has 0 saturated carbocycles. The van der Waals surface area contributed by atoms with Gasteiger partial charge in [0.2, 0.25) is 10.9 Å². The Morgan fingerprint density at radius 1 is 1.19 bits per heavy atom. The van der Waals surface area contributed by atoms with Gasteiger partial charge in [-0.25, -0.2) is 14.2 Å². The van der Waals surface area contributed by atoms with E-state index in [0.717, 1.165) is 0 Å². The van der Waals surface area contributed by atoms with Crippen molar-refractivity contribution in [2.45, 2.75) is 89.4 Å². The van der Waals surface area contributed by atoms with E-state index in [-0.39, 0.29) is 40.3 Å². The highest BCUT2D eigenvalue weighted by molar-refractivity contribution is 6.74. The molecular weight excluding hydrogens is 597 g/mol. The van der Waals surface area contributed by atoms with E-state index >= 15 is 4.39 Å². The summed E-state index contributed by atoms with van der Waals surface area (Å²) in [5, 5.41) is -0.354. The predicted molar refractivity (Wildman–Crippen MR) is 162 cm³/mol. The monoisotopic (exact) mass is 635 g/mol. The van der Waals surface area contributed by atoms with E-state index < -0.39 is 56.9 Å². The van der Waals surface area contributed by atoms with Crippen molar-refractivity contribution in [3.05, 3.63) is 47.5 Å². The zero-order valence-corrected chi connectivity index (χ0v) is 27.2. The Kier molecular flexibility index (Phi) is 9.62. The number of alkyl halides is 1. The first-order valence-corrected chi connectivity index (χ1v) is 17.4. The molecule has 2 aromatic heterocycles. The maximum atomic E-state index is 16.5. The highest BCUT2D eigenvalue weighted by Crippen LogP contribution is 2.43. The molecule has 5 atom stereocenters. The number of esters is 1. The normalized spacial score (nSPS) is 22.4. The lowest BCUT2D eigenvalue weighted by molar-refractivity contribution is -0.182. The number of imidazole rings is 1. The number of nitrogens with two attached hydrogens (primary N) is 1. The van der Waals surface area contributed by atoms with Gasteiger partial charge in [0.1, 0.15) is 17.7 Å². The van der Waals surface area contributed by atoms with Crippen LogP contribution in [0.2, 0.25) is 23.4 Å². The van der Waals surface area contributed by atoms with E-state index in [1.165, 1.54) is 17.8 Å². The minimum atomic E-state index is -2.55. The Bertz CT molecular complexity index is 1470. The first-order valence-electron chi connectivity index (χ1n) is 14.1. The lowest BCUT2D eigenvalue weighted by atomic mass is 9.90. The highest BCUT2D eigenvalue weighted by Gasteiger charge is 2.54. The van der Waals surface area contributed by atoms with Crippen LogP contribution in [0.25, 0.3) is 11.2 Å². The Balaban J connectivity index is 1.71. The topological polar surface area (TPSA) is 141 Å². The fourth-order valence-corrected chi connectivity index (χ4v) is 6.15. The maximum absolute atomic E-state index is 16.5. The van der Waals surface area contributed by atoms with Gasteiger partial charge in [-0.1, -0.05) is 51.1 Å². The molecule has 0 radical (unpaired) electrons. The fourth-order valence-electron chi connectivity index (χ4n) is 4.70. The third-order valence-corrected chi connectivity index (χ3v) is 12.8. The molecule has 1 aliphatic rings. The highest BCUT2D eigenvalue weighted by atomic mass is 35.5. The molecule has 43 heavy (non-hydrogen) atoms. The summed E-state index contributed by atoms with van der Waals surface area (Å²) < 4.78 is 42.2. The molecule has 2 N–H and O–H groups in total. The molecule has 1 fully saturated rings. The molecule has 1 aliphatic heterocycles. The number of carbonyl (C=O) groups excluding carboxylic acids is 2. The average molecular weight is 636 g/mol. The van der Waals surface area contributed by atoms with Crippen LogP contribution in [0.3, 0.4) is 0 Å². The smallest absolute Gasteiger partial charge is 0.346 e. The number of Topliss-reactive ketones (excluding diaryl/α,β-unsaturated/α-hetero) is 1. The number of benzene rings is 1. The second kappa shape index (κ2) is 12.6. The number of hydrogen-bond acceptors (Lipinski definition) is 10. The summed E-state index contributed by atoms with van der Waals surface area (Å²) in [4.78, 5) is 38.8. The minimum Gasteiger partial charge on any atom is -0.463 e. The molecular formula is C29H39ClFN5O6Si. The Labute approximate surface area is 256 Å². The number of anilines is 1. The van der Waals surface area contributed by atoms with E-state index in [9.17, 15) is 9.59 Å². The van der Waals surface area contributed by atoms with Gasteiger partial charge >= 0.3 is 5.97 Å². The van der Waals surface area contributed by atoms with E-state index in [1.54, 1.807) is 31.2 Å². The number of fused-ring (bicyclic) bond motifs is 1. The van der Waals surface area contributed by atoms with Crippen LogP contribution in [0.1, 0.15) is 46.4 Å². The first-order chi connectivity index (χ1) is 20.1. The summed E-state index contributed by atoms with van der Waals surface area (Å²) in [6, 6.07) is 8.93. The molecule has 3 aromatic rings. The molecule has 1 aromatic carbocycles. The molecule has 11 nitrogen and oxygen atoms in total. The molecule has 0 bridgehead atoms. The van der Waals surface area contributed by atoms with Crippen molar-refractivity contribution < 1.29 is 32.6 Å². The molecule has 234 valence electrons. The molecule has 4 rings (SSSR count). The van der Waals surface area contributed by atoms with Gasteiger partial charge in [-0.05, 0) is 49.1 Å². The largest absolute Gasteiger partial charge is 0.463 e. The number of ketones is 1. The lowest BCUT2D eigenvalue weighted by Gasteiger charge is -2.39. The molecule has 14 heteroatoms. The summed E-state index contributed by atoms with van der Waals surface area (Å²) in [5.41, 5.74) is 5.19. The van der Waals surface area contributed by atoms with Gasteiger partial charge < -0.3 is 24.4 Å². The zero-order chi connectivity index (χ0) is 31.7. The summed E-state index contributed by atoms with van der Waals surface area (Å²) in [7, 11) is -2.55. The second-order valence-electron chi connectivity index (χ2n) is 12.1. The van der Waals surface area contributed by atoms with Crippen molar-refractivity contribution in [1.82, 2.24) is 19.5 Å². The summed E-state index contributed by atoms with van der Waals surface area (Å²) in [6.45, 7) is 12.6. The van der Waals surface area contributed by atoms with E-state index in [1.807, 2.05) is 39.9 Å². The number of carbonyl (C=O) groups is 2. The second-order valence-corrected chi connectivity index (χ2v) is 17.2. The standard InChI is InChI=1S/C29H39ClFN5O6Si/c1-8-39-26(38)29(17(2)37,14-18-12-10-9-11-13-18)40-15-19-20(31)22(42-43(6,7)28(3,4)5)25(41-19)36-16-33-21-23(32)34-27(30)35-24(21)36/h9-13,16,19-20,22,25H,8,14-15H2,1-7H3,(H2,32,34,35)/t19-,20-,22-,25-,29?/m1/s1. The summed E-state index contributed by atoms with van der Waals surface area (Å²) in [6.07, 6.45) is -3.77. The maximum Gasteiger partial charge on any atom is 0.346 e. The molecule has 1 saturated heterocycles. The molecule has 1 unspecified atom stereocenters. The number of rotatable bonds is 11. The Morgan fingerprint density at radius 3 is 2.47 bits per heavy atom.